The first-order chi connectivity index (χ1) is 11.7. The molecule has 0 atom stereocenters. The number of carboxylic acids is 1. The van der Waals surface area contributed by atoms with Crippen LogP contribution in [0.3, 0.4) is 0 Å². The Labute approximate surface area is 142 Å². The van der Waals surface area contributed by atoms with Crippen molar-refractivity contribution in [3.8, 4) is 11.3 Å². The van der Waals surface area contributed by atoms with Crippen molar-refractivity contribution in [2.24, 2.45) is 5.92 Å². The van der Waals surface area contributed by atoms with Crippen molar-refractivity contribution in [3.63, 3.8) is 0 Å². The van der Waals surface area contributed by atoms with Crippen LogP contribution in [0.5, 0.6) is 0 Å². The van der Waals surface area contributed by atoms with E-state index in [1.165, 1.54) is 12.8 Å². The summed E-state index contributed by atoms with van der Waals surface area (Å²) < 4.78 is 1.85. The second-order valence-electron chi connectivity index (χ2n) is 5.86. The molecule has 0 amide bonds. The van der Waals surface area contributed by atoms with Gasteiger partial charge in [0.05, 0.1) is 11.9 Å². The normalized spacial score (nSPS) is 14.5. The maximum absolute atomic E-state index is 10.6. The van der Waals surface area contributed by atoms with E-state index < -0.39 is 5.97 Å². The summed E-state index contributed by atoms with van der Waals surface area (Å²) in [6.45, 7) is 0.983. The summed E-state index contributed by atoms with van der Waals surface area (Å²) in [7, 11) is 0. The number of hydrogen-bond donors (Lipinski definition) is 2. The average molecular weight is 340 g/mol. The van der Waals surface area contributed by atoms with Crippen molar-refractivity contribution in [1.29, 1.82) is 0 Å². The van der Waals surface area contributed by atoms with Crippen LogP contribution >= 0.6 is 11.3 Å². The van der Waals surface area contributed by atoms with Crippen LogP contribution in [-0.4, -0.2) is 32.2 Å². The molecule has 3 aromatic rings. The molecule has 1 aromatic carbocycles. The molecule has 1 fully saturated rings. The van der Waals surface area contributed by atoms with E-state index in [-0.39, 0.29) is 0 Å². The van der Waals surface area contributed by atoms with Crippen LogP contribution in [-0.2, 0) is 4.79 Å². The Morgan fingerprint density at radius 3 is 2.88 bits per heavy atom. The third-order valence-electron chi connectivity index (χ3n) is 3.95. The van der Waals surface area contributed by atoms with Crippen LogP contribution in [0.1, 0.15) is 18.4 Å². The largest absolute Gasteiger partial charge is 0.478 e. The lowest BCUT2D eigenvalue weighted by molar-refractivity contribution is -0.131. The molecule has 0 bridgehead atoms. The van der Waals surface area contributed by atoms with Crippen molar-refractivity contribution in [2.75, 3.05) is 11.9 Å². The van der Waals surface area contributed by atoms with Crippen LogP contribution in [0.2, 0.25) is 0 Å². The molecule has 0 aliphatic heterocycles. The molecule has 4 rings (SSSR count). The second-order valence-corrected chi connectivity index (χ2v) is 6.82. The van der Waals surface area contributed by atoms with E-state index >= 15 is 0 Å². The van der Waals surface area contributed by atoms with Crippen molar-refractivity contribution < 1.29 is 9.90 Å². The number of nitrogens with one attached hydrogen (secondary N) is 1. The Morgan fingerprint density at radius 1 is 1.38 bits per heavy atom. The van der Waals surface area contributed by atoms with Gasteiger partial charge in [0, 0.05) is 18.2 Å². The summed E-state index contributed by atoms with van der Waals surface area (Å²) in [6, 6.07) is 7.66. The molecular formula is C17H16N4O2S. The monoisotopic (exact) mass is 340 g/mol. The molecule has 0 saturated heterocycles. The quantitative estimate of drug-likeness (QED) is 0.673. The van der Waals surface area contributed by atoms with Crippen molar-refractivity contribution in [1.82, 2.24) is 14.6 Å². The third kappa shape index (κ3) is 3.16. The van der Waals surface area contributed by atoms with E-state index in [9.17, 15) is 4.79 Å². The molecule has 1 aliphatic rings. The molecule has 1 aliphatic carbocycles. The standard InChI is InChI=1S/C17H16N4O2S/c22-15(23)8-5-11-3-6-13(7-4-11)14-10-19-17-21(14)20-16(24-17)18-9-12-1-2-12/h3-8,10,12H,1-2,9H2,(H,18,20)(H,22,23). The zero-order valence-corrected chi connectivity index (χ0v) is 13.7. The number of imidazole rings is 1. The average Bonchev–Trinajstić information content (AvgIpc) is 3.20. The lowest BCUT2D eigenvalue weighted by Gasteiger charge is -2.00. The summed E-state index contributed by atoms with van der Waals surface area (Å²) >= 11 is 1.55. The van der Waals surface area contributed by atoms with Crippen LogP contribution in [0.25, 0.3) is 22.3 Å². The maximum Gasteiger partial charge on any atom is 0.328 e. The topological polar surface area (TPSA) is 79.5 Å². The molecule has 1 saturated carbocycles. The number of nitrogens with zero attached hydrogens (tertiary/aromatic N) is 3. The minimum Gasteiger partial charge on any atom is -0.478 e. The van der Waals surface area contributed by atoms with E-state index in [4.69, 9.17) is 5.11 Å². The van der Waals surface area contributed by atoms with E-state index in [0.29, 0.717) is 0 Å². The number of benzene rings is 1. The molecule has 6 nitrogen and oxygen atoms in total. The first kappa shape index (κ1) is 14.9. The van der Waals surface area contributed by atoms with Gasteiger partial charge in [0.2, 0.25) is 10.1 Å². The molecule has 2 aromatic heterocycles. The van der Waals surface area contributed by atoms with Gasteiger partial charge in [0.25, 0.3) is 0 Å². The van der Waals surface area contributed by atoms with Crippen LogP contribution < -0.4 is 5.32 Å². The van der Waals surface area contributed by atoms with Crippen LogP contribution in [0, 0.1) is 5.92 Å². The highest BCUT2D eigenvalue weighted by Gasteiger charge is 2.21. The van der Waals surface area contributed by atoms with Gasteiger partial charge >= 0.3 is 5.97 Å². The van der Waals surface area contributed by atoms with Crippen molar-refractivity contribution in [2.45, 2.75) is 12.8 Å². The van der Waals surface area contributed by atoms with Crippen molar-refractivity contribution >= 4 is 33.5 Å². The first-order valence-corrected chi connectivity index (χ1v) is 8.60. The zero-order chi connectivity index (χ0) is 16.5. The first-order valence-electron chi connectivity index (χ1n) is 7.79. The highest BCUT2D eigenvalue weighted by Crippen LogP contribution is 2.30. The number of aromatic nitrogens is 3. The minimum atomic E-state index is -0.953. The SMILES string of the molecule is O=C(O)C=Cc1ccc(-c2cnc3sc(NCC4CC4)nn23)cc1. The second kappa shape index (κ2) is 6.09. The highest BCUT2D eigenvalue weighted by atomic mass is 32.1. The summed E-state index contributed by atoms with van der Waals surface area (Å²) in [4.78, 5) is 15.8. The lowest BCUT2D eigenvalue weighted by Crippen LogP contribution is -2.03. The van der Waals surface area contributed by atoms with Gasteiger partial charge in [-0.05, 0) is 30.4 Å². The summed E-state index contributed by atoms with van der Waals surface area (Å²) in [6.07, 6.45) is 7.13. The summed E-state index contributed by atoms with van der Waals surface area (Å²) in [5, 5.41) is 17.5. The third-order valence-corrected chi connectivity index (χ3v) is 4.83. The number of aliphatic carboxylic acids is 1. The van der Waals surface area contributed by atoms with E-state index in [1.54, 1.807) is 17.4 Å². The predicted molar refractivity (Wildman–Crippen MR) is 94.2 cm³/mol. The lowest BCUT2D eigenvalue weighted by atomic mass is 10.1. The van der Waals surface area contributed by atoms with Gasteiger partial charge in [-0.3, -0.25) is 0 Å². The van der Waals surface area contributed by atoms with Gasteiger partial charge in [0.1, 0.15) is 0 Å². The highest BCUT2D eigenvalue weighted by molar-refractivity contribution is 7.20. The minimum absolute atomic E-state index is 0.798. The van der Waals surface area contributed by atoms with E-state index in [2.05, 4.69) is 15.4 Å². The number of carbonyl (C=O) groups is 1. The van der Waals surface area contributed by atoms with Gasteiger partial charge in [0.15, 0.2) is 0 Å². The molecule has 122 valence electrons. The van der Waals surface area contributed by atoms with Crippen molar-refractivity contribution in [3.05, 3.63) is 42.1 Å². The molecule has 2 N–H and O–H groups in total. The molecule has 24 heavy (non-hydrogen) atoms. The van der Waals surface area contributed by atoms with Crippen LogP contribution in [0.15, 0.2) is 36.5 Å². The zero-order valence-electron chi connectivity index (χ0n) is 12.8. The van der Waals surface area contributed by atoms with E-state index in [1.807, 2.05) is 35.0 Å². The van der Waals surface area contributed by atoms with E-state index in [0.717, 1.165) is 45.5 Å². The number of fused-ring (bicyclic) bond motifs is 1. The molecule has 2 heterocycles. The Bertz CT molecular complexity index is 906. The summed E-state index contributed by atoms with van der Waals surface area (Å²) in [5.74, 6) is -0.155. The fraction of sp³-hybridized carbons (Fsp3) is 0.235. The summed E-state index contributed by atoms with van der Waals surface area (Å²) in [5.41, 5.74) is 2.76. The Balaban J connectivity index is 1.57. The molecule has 0 radical (unpaired) electrons. The Hall–Kier alpha value is -2.67. The van der Waals surface area contributed by atoms with Gasteiger partial charge in [-0.1, -0.05) is 35.6 Å². The molecule has 0 unspecified atom stereocenters. The smallest absolute Gasteiger partial charge is 0.328 e. The fourth-order valence-electron chi connectivity index (χ4n) is 2.45. The number of hydrogen-bond acceptors (Lipinski definition) is 5. The predicted octanol–water partition coefficient (Wildman–Crippen LogP) is 3.38. The number of anilines is 1. The van der Waals surface area contributed by atoms with Gasteiger partial charge in [-0.2, -0.15) is 0 Å². The number of rotatable bonds is 6. The Morgan fingerprint density at radius 2 is 2.17 bits per heavy atom. The van der Waals surface area contributed by atoms with Gasteiger partial charge in [-0.25, -0.2) is 14.3 Å². The molecule has 0 spiro atoms. The molecule has 7 heteroatoms. The number of carboxylic acid groups (broad SMARTS) is 1. The van der Waals surface area contributed by atoms with Gasteiger partial charge < -0.3 is 10.4 Å². The fourth-order valence-corrected chi connectivity index (χ4v) is 3.23. The van der Waals surface area contributed by atoms with Gasteiger partial charge in [-0.15, -0.1) is 5.10 Å². The Kier molecular flexibility index (Phi) is 3.78. The molecular weight excluding hydrogens is 324 g/mol. The maximum atomic E-state index is 10.6. The van der Waals surface area contributed by atoms with Crippen LogP contribution in [0.4, 0.5) is 5.13 Å².